The lowest BCUT2D eigenvalue weighted by Gasteiger charge is -2.42. The Hall–Kier alpha value is -0.650. The number of rotatable bonds is 7. The lowest BCUT2D eigenvalue weighted by atomic mass is 10.0. The highest BCUT2D eigenvalue weighted by molar-refractivity contribution is 7.89. The molecule has 1 unspecified atom stereocenters. The minimum absolute atomic E-state index is 0.00712. The van der Waals surface area contributed by atoms with Crippen molar-refractivity contribution in [2.24, 2.45) is 0 Å². The van der Waals surface area contributed by atoms with Crippen LogP contribution >= 0.6 is 34.8 Å². The van der Waals surface area contributed by atoms with Crippen molar-refractivity contribution in [3.05, 3.63) is 27.2 Å². The fourth-order valence-electron chi connectivity index (χ4n) is 5.42. The Kier molecular flexibility index (Phi) is 9.82. The Morgan fingerprint density at radius 3 is 2.22 bits per heavy atom. The molecule has 4 rings (SSSR count). The van der Waals surface area contributed by atoms with Gasteiger partial charge in [-0.2, -0.15) is 4.31 Å². The highest BCUT2D eigenvalue weighted by atomic mass is 35.5. The molecule has 1 aromatic carbocycles. The number of amides is 1. The molecule has 3 heterocycles. The zero-order valence-corrected chi connectivity index (χ0v) is 23.8. The second kappa shape index (κ2) is 12.5. The van der Waals surface area contributed by atoms with E-state index in [9.17, 15) is 13.2 Å². The number of sulfonamides is 1. The first-order valence-electron chi connectivity index (χ1n) is 12.6. The van der Waals surface area contributed by atoms with Crippen molar-refractivity contribution >= 4 is 50.7 Å². The highest BCUT2D eigenvalue weighted by Crippen LogP contribution is 2.36. The third-order valence-corrected chi connectivity index (χ3v) is 10.6. The maximum Gasteiger partial charge on any atom is 0.248 e. The number of carbonyl (C=O) groups excluding carboxylic acids is 1. The summed E-state index contributed by atoms with van der Waals surface area (Å²) in [6.07, 6.45) is 4.63. The standard InChI is InChI=1S/C24H35Cl3N4O4S/c1-28-8-5-19(6-9-28)29-10-12-30(13-11-29)23(32)17-35-16-20-4-2-3-7-31(20)36(33,34)24-21(26)14-18(25)15-22(24)27/h14-15,19-20H,2-13,16-17H2,1H3. The van der Waals surface area contributed by atoms with E-state index < -0.39 is 10.0 Å². The molecule has 0 N–H and O–H groups in total. The van der Waals surface area contributed by atoms with Crippen molar-refractivity contribution in [3.63, 3.8) is 0 Å². The molecule has 3 fully saturated rings. The highest BCUT2D eigenvalue weighted by Gasteiger charge is 2.37. The Labute approximate surface area is 229 Å². The van der Waals surface area contributed by atoms with Crippen LogP contribution < -0.4 is 0 Å². The number of piperazine rings is 1. The molecule has 3 aliphatic heterocycles. The molecule has 3 saturated heterocycles. The second-order valence-corrected chi connectivity index (χ2v) is 13.0. The van der Waals surface area contributed by atoms with Crippen LogP contribution in [0.15, 0.2) is 17.0 Å². The Morgan fingerprint density at radius 2 is 1.58 bits per heavy atom. The molecule has 0 radical (unpaired) electrons. The van der Waals surface area contributed by atoms with Gasteiger partial charge in [-0.1, -0.05) is 41.2 Å². The summed E-state index contributed by atoms with van der Waals surface area (Å²) in [4.78, 5) is 19.4. The molecule has 1 amide bonds. The van der Waals surface area contributed by atoms with Crippen molar-refractivity contribution < 1.29 is 17.9 Å². The molecular formula is C24H35Cl3N4O4S. The topological polar surface area (TPSA) is 73.4 Å². The molecule has 36 heavy (non-hydrogen) atoms. The second-order valence-electron chi connectivity index (χ2n) is 9.93. The van der Waals surface area contributed by atoms with Gasteiger partial charge in [-0.25, -0.2) is 8.42 Å². The van der Waals surface area contributed by atoms with Crippen LogP contribution in [-0.4, -0.2) is 111 Å². The van der Waals surface area contributed by atoms with Crippen LogP contribution in [0.4, 0.5) is 0 Å². The monoisotopic (exact) mass is 580 g/mol. The van der Waals surface area contributed by atoms with Crippen LogP contribution in [0, 0.1) is 0 Å². The van der Waals surface area contributed by atoms with Crippen LogP contribution in [0.3, 0.4) is 0 Å². The van der Waals surface area contributed by atoms with Crippen molar-refractivity contribution in [1.29, 1.82) is 0 Å². The molecule has 12 heteroatoms. The summed E-state index contributed by atoms with van der Waals surface area (Å²) >= 11 is 18.4. The van der Waals surface area contributed by atoms with Gasteiger partial charge in [0, 0.05) is 49.8 Å². The predicted octanol–water partition coefficient (Wildman–Crippen LogP) is 3.45. The van der Waals surface area contributed by atoms with Gasteiger partial charge in [0.05, 0.1) is 16.7 Å². The molecule has 0 bridgehead atoms. The van der Waals surface area contributed by atoms with E-state index in [1.165, 1.54) is 29.3 Å². The molecule has 0 aromatic heterocycles. The van der Waals surface area contributed by atoms with E-state index >= 15 is 0 Å². The van der Waals surface area contributed by atoms with Crippen molar-refractivity contribution in [1.82, 2.24) is 19.0 Å². The molecule has 1 atom stereocenters. The maximum atomic E-state index is 13.5. The van der Waals surface area contributed by atoms with Gasteiger partial charge in [-0.3, -0.25) is 9.69 Å². The van der Waals surface area contributed by atoms with Gasteiger partial charge < -0.3 is 14.5 Å². The van der Waals surface area contributed by atoms with E-state index in [0.717, 1.165) is 39.0 Å². The average Bonchev–Trinajstić information content (AvgIpc) is 2.84. The van der Waals surface area contributed by atoms with Gasteiger partial charge in [0.1, 0.15) is 11.5 Å². The van der Waals surface area contributed by atoms with Crippen LogP contribution in [0.5, 0.6) is 0 Å². The first kappa shape index (κ1) is 28.4. The van der Waals surface area contributed by atoms with E-state index in [-0.39, 0.29) is 45.1 Å². The van der Waals surface area contributed by atoms with Crippen LogP contribution in [0.1, 0.15) is 32.1 Å². The normalized spacial score (nSPS) is 23.8. The van der Waals surface area contributed by atoms with Crippen molar-refractivity contribution in [2.75, 3.05) is 66.1 Å². The summed E-state index contributed by atoms with van der Waals surface area (Å²) in [6.45, 7) is 5.86. The van der Waals surface area contributed by atoms with Gasteiger partial charge in [-0.05, 0) is 58.0 Å². The van der Waals surface area contributed by atoms with Crippen LogP contribution in [0.2, 0.25) is 15.1 Å². The van der Waals surface area contributed by atoms with E-state index in [4.69, 9.17) is 39.5 Å². The molecule has 0 saturated carbocycles. The third kappa shape index (κ3) is 6.67. The largest absolute Gasteiger partial charge is 0.370 e. The number of halogens is 3. The van der Waals surface area contributed by atoms with E-state index in [1.54, 1.807) is 0 Å². The SMILES string of the molecule is CN1CCC(N2CCN(C(=O)COCC3CCCCN3S(=O)(=O)c3c(Cl)cc(Cl)cc3Cl)CC2)CC1. The Balaban J connectivity index is 1.29. The number of ether oxygens (including phenoxy) is 1. The lowest BCUT2D eigenvalue weighted by Crippen LogP contribution is -2.54. The fourth-order valence-corrected chi connectivity index (χ4v) is 8.60. The first-order chi connectivity index (χ1) is 17.2. The first-order valence-corrected chi connectivity index (χ1v) is 15.2. The minimum atomic E-state index is -3.95. The fraction of sp³-hybridized carbons (Fsp3) is 0.708. The number of nitrogens with zero attached hydrogens (tertiary/aromatic N) is 4. The third-order valence-electron chi connectivity index (χ3n) is 7.51. The number of hydrogen-bond donors (Lipinski definition) is 0. The predicted molar refractivity (Wildman–Crippen MR) is 142 cm³/mol. The van der Waals surface area contributed by atoms with Gasteiger partial charge in [0.25, 0.3) is 0 Å². The molecule has 8 nitrogen and oxygen atoms in total. The van der Waals surface area contributed by atoms with Crippen molar-refractivity contribution in [2.45, 2.75) is 49.1 Å². The summed E-state index contributed by atoms with van der Waals surface area (Å²) in [5.74, 6) is -0.0490. The summed E-state index contributed by atoms with van der Waals surface area (Å²) in [6, 6.07) is 2.97. The molecule has 3 aliphatic rings. The quantitative estimate of drug-likeness (QED) is 0.491. The number of piperidine rings is 2. The van der Waals surface area contributed by atoms with E-state index in [1.807, 2.05) is 4.90 Å². The van der Waals surface area contributed by atoms with Crippen molar-refractivity contribution in [3.8, 4) is 0 Å². The molecule has 1 aromatic rings. The number of carbonyl (C=O) groups is 1. The smallest absolute Gasteiger partial charge is 0.248 e. The molecule has 202 valence electrons. The Bertz CT molecular complexity index is 1010. The summed E-state index contributed by atoms with van der Waals surface area (Å²) in [7, 11) is -1.79. The number of likely N-dealkylation sites (tertiary alicyclic amines) is 1. The van der Waals surface area contributed by atoms with Gasteiger partial charge in [0.2, 0.25) is 15.9 Å². The van der Waals surface area contributed by atoms with E-state index in [0.29, 0.717) is 32.1 Å². The minimum Gasteiger partial charge on any atom is -0.370 e. The average molecular weight is 582 g/mol. The zero-order valence-electron chi connectivity index (χ0n) is 20.7. The van der Waals surface area contributed by atoms with Crippen LogP contribution in [-0.2, 0) is 19.6 Å². The van der Waals surface area contributed by atoms with Gasteiger partial charge in [0.15, 0.2) is 0 Å². The molecular weight excluding hydrogens is 547 g/mol. The molecule has 0 spiro atoms. The zero-order chi connectivity index (χ0) is 25.9. The van der Waals surface area contributed by atoms with Gasteiger partial charge >= 0.3 is 0 Å². The van der Waals surface area contributed by atoms with Crippen LogP contribution in [0.25, 0.3) is 0 Å². The number of hydrogen-bond acceptors (Lipinski definition) is 6. The number of benzene rings is 1. The van der Waals surface area contributed by atoms with Gasteiger partial charge in [-0.15, -0.1) is 0 Å². The lowest BCUT2D eigenvalue weighted by molar-refractivity contribution is -0.138. The summed E-state index contributed by atoms with van der Waals surface area (Å²) in [5.41, 5.74) is 0. The van der Waals surface area contributed by atoms with E-state index in [2.05, 4.69) is 16.8 Å². The Morgan fingerprint density at radius 1 is 0.944 bits per heavy atom. The maximum absolute atomic E-state index is 13.5. The summed E-state index contributed by atoms with van der Waals surface area (Å²) in [5, 5.41) is 0.257. The molecule has 0 aliphatic carbocycles. The summed E-state index contributed by atoms with van der Waals surface area (Å²) < 4.78 is 34.1.